The van der Waals surface area contributed by atoms with Crippen molar-refractivity contribution >= 4 is 34.2 Å². The number of para-hydroxylation sites is 2. The van der Waals surface area contributed by atoms with E-state index in [9.17, 15) is 9.59 Å². The molecule has 0 fully saturated rings. The van der Waals surface area contributed by atoms with Crippen LogP contribution in [-0.4, -0.2) is 26.9 Å². The summed E-state index contributed by atoms with van der Waals surface area (Å²) in [5.41, 5.74) is 2.16. The number of carbonyl (C=O) groups is 1. The minimum absolute atomic E-state index is 0. The van der Waals surface area contributed by atoms with Crippen LogP contribution in [0.3, 0.4) is 0 Å². The maximum atomic E-state index is 12.8. The van der Waals surface area contributed by atoms with Gasteiger partial charge >= 0.3 is 5.97 Å². The third-order valence-electron chi connectivity index (χ3n) is 4.53. The first-order chi connectivity index (χ1) is 14.1. The molecule has 2 heterocycles. The largest absolute Gasteiger partial charge is 1.00 e. The highest BCUT2D eigenvalue weighted by Crippen LogP contribution is 2.23. The molecule has 0 aliphatic rings. The smallest absolute Gasteiger partial charge is 0.340 e. The summed E-state index contributed by atoms with van der Waals surface area (Å²) in [7, 11) is 0. The zero-order valence-corrected chi connectivity index (χ0v) is 17.3. The van der Waals surface area contributed by atoms with Crippen molar-refractivity contribution < 1.29 is 21.9 Å². The number of hydrogen-bond acceptors (Lipinski definition) is 6. The van der Waals surface area contributed by atoms with Gasteiger partial charge in [-0.25, -0.2) is 9.78 Å². The van der Waals surface area contributed by atoms with Crippen molar-refractivity contribution in [2.24, 2.45) is 0 Å². The molecule has 0 bridgehead atoms. The highest BCUT2D eigenvalue weighted by Gasteiger charge is 2.15. The summed E-state index contributed by atoms with van der Waals surface area (Å²) in [6, 6.07) is 14.3. The van der Waals surface area contributed by atoms with Crippen LogP contribution in [0.25, 0.3) is 16.7 Å². The number of anilines is 2. The summed E-state index contributed by atoms with van der Waals surface area (Å²) in [6.07, 6.45) is 2.45. The molecule has 4 rings (SSSR count). The predicted octanol–water partition coefficient (Wildman–Crippen LogP) is 0.866. The van der Waals surface area contributed by atoms with Crippen LogP contribution in [0.4, 0.5) is 11.5 Å². The Hall–Kier alpha value is -3.45. The average molecular weight is 424 g/mol. The second-order valence-corrected chi connectivity index (χ2v) is 6.68. The van der Waals surface area contributed by atoms with Gasteiger partial charge in [0.05, 0.1) is 28.8 Å². The highest BCUT2D eigenvalue weighted by atomic mass is 35.5. The molecule has 2 aromatic heterocycles. The molecule has 2 aromatic carbocycles. The minimum Gasteiger partial charge on any atom is -1.00 e. The lowest BCUT2D eigenvalue weighted by Crippen LogP contribution is -3.00. The van der Waals surface area contributed by atoms with E-state index in [-0.39, 0.29) is 23.7 Å². The van der Waals surface area contributed by atoms with Crippen molar-refractivity contribution in [2.75, 3.05) is 11.9 Å². The number of esters is 1. The molecule has 0 aliphatic heterocycles. The molecule has 30 heavy (non-hydrogen) atoms. The van der Waals surface area contributed by atoms with Gasteiger partial charge in [-0.2, -0.15) is 4.98 Å². The molecule has 4 aromatic rings. The van der Waals surface area contributed by atoms with Gasteiger partial charge in [-0.3, -0.25) is 9.20 Å². The van der Waals surface area contributed by atoms with E-state index in [0.29, 0.717) is 34.6 Å². The van der Waals surface area contributed by atoms with Gasteiger partial charge < -0.3 is 22.5 Å². The third-order valence-corrected chi connectivity index (χ3v) is 4.53. The number of rotatable bonds is 5. The molecule has 7 nitrogen and oxygen atoms in total. The number of nitrogens with one attached hydrogen (secondary N) is 1. The van der Waals surface area contributed by atoms with Crippen LogP contribution in [-0.2, 0) is 4.74 Å². The lowest BCUT2D eigenvalue weighted by atomic mass is 10.1. The summed E-state index contributed by atoms with van der Waals surface area (Å²) in [6.45, 7) is 4.15. The molecular weight excluding hydrogens is 404 g/mol. The Kier molecular flexibility index (Phi) is 6.32. The van der Waals surface area contributed by atoms with Crippen molar-refractivity contribution in [3.8, 4) is 0 Å². The Bertz CT molecular complexity index is 1290. The summed E-state index contributed by atoms with van der Waals surface area (Å²) >= 11 is 0. The van der Waals surface area contributed by atoms with E-state index < -0.39 is 5.97 Å². The van der Waals surface area contributed by atoms with Gasteiger partial charge in [0, 0.05) is 11.8 Å². The number of hydrogen-bond donors (Lipinski definition) is 1. The van der Waals surface area contributed by atoms with Gasteiger partial charge in [0.2, 0.25) is 5.78 Å². The van der Waals surface area contributed by atoms with Crippen LogP contribution in [0, 0.1) is 6.92 Å². The molecule has 0 aliphatic carbocycles. The van der Waals surface area contributed by atoms with Crippen LogP contribution in [0.2, 0.25) is 0 Å². The summed E-state index contributed by atoms with van der Waals surface area (Å²) in [5.74, 6) is 0.407. The van der Waals surface area contributed by atoms with E-state index in [1.54, 1.807) is 36.5 Å². The Morgan fingerprint density at radius 1 is 1.10 bits per heavy atom. The summed E-state index contributed by atoms with van der Waals surface area (Å²) in [5, 5.41) is 3.73. The van der Waals surface area contributed by atoms with Crippen molar-refractivity contribution in [1.29, 1.82) is 0 Å². The van der Waals surface area contributed by atoms with Gasteiger partial charge in [0.1, 0.15) is 5.82 Å². The van der Waals surface area contributed by atoms with Crippen molar-refractivity contribution in [2.45, 2.75) is 20.3 Å². The molecule has 0 radical (unpaired) electrons. The Morgan fingerprint density at radius 3 is 2.63 bits per heavy atom. The molecule has 1 N–H and O–H groups in total. The number of aryl methyl sites for hydroxylation is 1. The molecule has 0 saturated carbocycles. The number of aromatic nitrogens is 3. The first kappa shape index (κ1) is 21.3. The van der Waals surface area contributed by atoms with Gasteiger partial charge in [-0.05, 0) is 37.6 Å². The molecule has 0 unspecified atom stereocenters. The predicted molar refractivity (Wildman–Crippen MR) is 112 cm³/mol. The number of halogens is 1. The Balaban J connectivity index is 0.00000256. The van der Waals surface area contributed by atoms with E-state index in [1.807, 2.05) is 32.0 Å². The van der Waals surface area contributed by atoms with Crippen LogP contribution >= 0.6 is 0 Å². The number of fused-ring (bicyclic) bond motifs is 2. The molecule has 0 saturated heterocycles. The molecule has 154 valence electrons. The summed E-state index contributed by atoms with van der Waals surface area (Å²) in [4.78, 5) is 34.1. The average Bonchev–Trinajstić information content (AvgIpc) is 2.74. The first-order valence-electron chi connectivity index (χ1n) is 9.40. The Morgan fingerprint density at radius 2 is 1.83 bits per heavy atom. The molecule has 8 heteroatoms. The van der Waals surface area contributed by atoms with Gasteiger partial charge in [-0.1, -0.05) is 31.2 Å². The second-order valence-electron chi connectivity index (χ2n) is 6.68. The monoisotopic (exact) mass is 423 g/mol. The fourth-order valence-electron chi connectivity index (χ4n) is 3.07. The van der Waals surface area contributed by atoms with Crippen LogP contribution in [0.15, 0.2) is 59.5 Å². The van der Waals surface area contributed by atoms with E-state index in [2.05, 4.69) is 15.3 Å². The zero-order valence-electron chi connectivity index (χ0n) is 16.6. The van der Waals surface area contributed by atoms with E-state index in [1.165, 1.54) is 4.40 Å². The lowest BCUT2D eigenvalue weighted by Gasteiger charge is -2.13. The molecular formula is C22H20ClN4O3-. The van der Waals surface area contributed by atoms with E-state index in [4.69, 9.17) is 4.74 Å². The number of carbonyl (C=O) groups excluding carboxylic acids is 1. The second kappa shape index (κ2) is 8.92. The third kappa shape index (κ3) is 3.97. The van der Waals surface area contributed by atoms with Crippen LogP contribution < -0.4 is 23.3 Å². The number of ether oxygens (including phenoxy) is 1. The minimum atomic E-state index is -0.395. The van der Waals surface area contributed by atoms with Crippen LogP contribution in [0.1, 0.15) is 29.3 Å². The zero-order chi connectivity index (χ0) is 20.4. The van der Waals surface area contributed by atoms with Crippen LogP contribution in [0.5, 0.6) is 0 Å². The first-order valence-corrected chi connectivity index (χ1v) is 9.40. The summed E-state index contributed by atoms with van der Waals surface area (Å²) < 4.78 is 6.70. The highest BCUT2D eigenvalue weighted by molar-refractivity contribution is 5.96. The fraction of sp³-hybridized carbons (Fsp3) is 0.182. The van der Waals surface area contributed by atoms with Crippen molar-refractivity contribution in [3.05, 3.63) is 76.2 Å². The lowest BCUT2D eigenvalue weighted by molar-refractivity contribution is -0.0000241. The number of benzene rings is 2. The standard InChI is InChI=1S/C22H20N4O3.ClH/c1-3-12-29-21(28)16-9-5-7-11-18(16)23-19-14(2)13-26-20(27)15-8-4-6-10-17(15)24-22(26)25-19;/h4-11,13H,3,12H2,1-2H3,(H,23,24,25);1H/p-1. The fourth-order valence-corrected chi connectivity index (χ4v) is 3.07. The van der Waals surface area contributed by atoms with Gasteiger partial charge in [-0.15, -0.1) is 0 Å². The number of nitrogens with zero attached hydrogens (tertiary/aromatic N) is 3. The molecule has 0 atom stereocenters. The SMILES string of the molecule is CCCOC(=O)c1ccccc1Nc1nc2nc3ccccc3c(=O)n2cc1C.[Cl-]. The van der Waals surface area contributed by atoms with Crippen molar-refractivity contribution in [1.82, 2.24) is 14.4 Å². The molecule has 0 amide bonds. The van der Waals surface area contributed by atoms with Gasteiger partial charge in [0.15, 0.2) is 0 Å². The quantitative estimate of drug-likeness (QED) is 0.378. The van der Waals surface area contributed by atoms with Gasteiger partial charge in [0.25, 0.3) is 5.56 Å². The normalized spacial score (nSPS) is 10.6. The maximum absolute atomic E-state index is 12.8. The topological polar surface area (TPSA) is 85.6 Å². The Labute approximate surface area is 179 Å². The van der Waals surface area contributed by atoms with Crippen molar-refractivity contribution in [3.63, 3.8) is 0 Å². The van der Waals surface area contributed by atoms with E-state index in [0.717, 1.165) is 12.0 Å². The molecule has 0 spiro atoms. The van der Waals surface area contributed by atoms with E-state index >= 15 is 0 Å². The maximum Gasteiger partial charge on any atom is 0.340 e.